The predicted molar refractivity (Wildman–Crippen MR) is 80.4 cm³/mol. The Morgan fingerprint density at radius 2 is 1.95 bits per heavy atom. The first-order valence-electron chi connectivity index (χ1n) is 6.55. The number of carbonyl (C=O) groups excluding carboxylic acids is 1. The number of benzene rings is 1. The molecule has 108 valence electrons. The van der Waals surface area contributed by atoms with E-state index in [1.807, 2.05) is 18.2 Å². The summed E-state index contributed by atoms with van der Waals surface area (Å²) in [6, 6.07) is 6.30. The van der Waals surface area contributed by atoms with E-state index in [1.54, 1.807) is 0 Å². The zero-order chi connectivity index (χ0) is 15.1. The van der Waals surface area contributed by atoms with Crippen LogP contribution < -0.4 is 5.11 Å². The monoisotopic (exact) mass is 300 g/mol. The first-order valence-corrected chi connectivity index (χ1v) is 7.54. The van der Waals surface area contributed by atoms with Crippen LogP contribution in [0, 0.1) is 20.8 Å². The fourth-order valence-corrected chi connectivity index (χ4v) is 3.30. The number of thioether (sulfide) groups is 1. The van der Waals surface area contributed by atoms with Gasteiger partial charge in [0.05, 0.1) is 11.5 Å². The zero-order valence-electron chi connectivity index (χ0n) is 12.0. The van der Waals surface area contributed by atoms with Crippen LogP contribution in [0.5, 0.6) is 0 Å². The number of nitrogens with zero attached hydrogens (tertiary/aromatic N) is 3. The Morgan fingerprint density at radius 3 is 2.67 bits per heavy atom. The Labute approximate surface area is 126 Å². The molecule has 0 atom stereocenters. The van der Waals surface area contributed by atoms with E-state index >= 15 is 0 Å². The van der Waals surface area contributed by atoms with Crippen LogP contribution in [0.4, 0.5) is 0 Å². The van der Waals surface area contributed by atoms with Crippen molar-refractivity contribution < 1.29 is 9.90 Å². The van der Waals surface area contributed by atoms with Gasteiger partial charge >= 0.3 is 0 Å². The number of pyridine rings is 1. The Balaban J connectivity index is 2.34. The maximum absolute atomic E-state index is 10.7. The van der Waals surface area contributed by atoms with E-state index in [2.05, 4.69) is 35.3 Å². The number of carboxylic acid groups (broad SMARTS) is 1. The van der Waals surface area contributed by atoms with E-state index in [4.69, 9.17) is 0 Å². The summed E-state index contributed by atoms with van der Waals surface area (Å²) in [4.78, 5) is 10.7. The van der Waals surface area contributed by atoms with Crippen LogP contribution in [0.1, 0.15) is 16.7 Å². The zero-order valence-corrected chi connectivity index (χ0v) is 12.8. The first-order chi connectivity index (χ1) is 9.97. The van der Waals surface area contributed by atoms with Gasteiger partial charge in [-0.2, -0.15) is 0 Å². The van der Waals surface area contributed by atoms with Gasteiger partial charge in [-0.1, -0.05) is 23.4 Å². The molecule has 0 unspecified atom stereocenters. The second-order valence-corrected chi connectivity index (χ2v) is 6.09. The van der Waals surface area contributed by atoms with Crippen molar-refractivity contribution in [3.05, 3.63) is 34.9 Å². The number of aliphatic carboxylic acids is 1. The lowest BCUT2D eigenvalue weighted by atomic mass is 10.1. The van der Waals surface area contributed by atoms with E-state index in [0.717, 1.165) is 39.4 Å². The fourth-order valence-electron chi connectivity index (χ4n) is 2.65. The molecular formula is C15H14N3O2S-. The molecule has 0 fully saturated rings. The van der Waals surface area contributed by atoms with Gasteiger partial charge in [-0.3, -0.25) is 4.40 Å². The summed E-state index contributed by atoms with van der Waals surface area (Å²) in [6.45, 7) is 6.08. The van der Waals surface area contributed by atoms with Gasteiger partial charge in [-0.25, -0.2) is 0 Å². The minimum Gasteiger partial charge on any atom is -0.549 e. The highest BCUT2D eigenvalue weighted by atomic mass is 32.2. The average molecular weight is 300 g/mol. The summed E-state index contributed by atoms with van der Waals surface area (Å²) in [6.07, 6.45) is 0. The van der Waals surface area contributed by atoms with Crippen molar-refractivity contribution in [1.29, 1.82) is 0 Å². The molecule has 0 saturated carbocycles. The molecule has 0 saturated heterocycles. The van der Waals surface area contributed by atoms with Gasteiger partial charge in [-0.05, 0) is 49.4 Å². The van der Waals surface area contributed by atoms with Crippen LogP contribution in [-0.4, -0.2) is 26.3 Å². The molecule has 5 nitrogen and oxygen atoms in total. The molecule has 2 aromatic heterocycles. The Kier molecular flexibility index (Phi) is 3.33. The number of rotatable bonds is 3. The largest absolute Gasteiger partial charge is 0.549 e. The molecule has 21 heavy (non-hydrogen) atoms. The Hall–Kier alpha value is -2.08. The van der Waals surface area contributed by atoms with Crippen molar-refractivity contribution in [3.8, 4) is 0 Å². The molecule has 0 radical (unpaired) electrons. The van der Waals surface area contributed by atoms with E-state index < -0.39 is 5.97 Å². The topological polar surface area (TPSA) is 70.3 Å². The molecule has 0 aliphatic rings. The minimum atomic E-state index is -1.11. The van der Waals surface area contributed by atoms with Crippen molar-refractivity contribution in [3.63, 3.8) is 0 Å². The van der Waals surface area contributed by atoms with Crippen molar-refractivity contribution >= 4 is 34.3 Å². The van der Waals surface area contributed by atoms with Gasteiger partial charge in [0.25, 0.3) is 0 Å². The van der Waals surface area contributed by atoms with Gasteiger partial charge in [0.15, 0.2) is 10.8 Å². The van der Waals surface area contributed by atoms with Gasteiger partial charge in [0.1, 0.15) is 0 Å². The molecule has 0 aliphatic carbocycles. The number of aromatic nitrogens is 3. The highest BCUT2D eigenvalue weighted by Gasteiger charge is 2.14. The standard InChI is InChI=1S/C15H15N3O2S/c1-8-4-9(2)13-11(5-8)6-10(3)14-16-17-15(18(13)14)21-7-12(19)20/h4-6H,7H2,1-3H3,(H,19,20)/p-1. The smallest absolute Gasteiger partial charge is 0.196 e. The minimum absolute atomic E-state index is 0.138. The summed E-state index contributed by atoms with van der Waals surface area (Å²) in [7, 11) is 0. The highest BCUT2D eigenvalue weighted by Crippen LogP contribution is 2.28. The second kappa shape index (κ2) is 5.04. The van der Waals surface area contributed by atoms with E-state index in [9.17, 15) is 9.90 Å². The van der Waals surface area contributed by atoms with Crippen molar-refractivity contribution in [2.45, 2.75) is 25.9 Å². The molecule has 0 aliphatic heterocycles. The lowest BCUT2D eigenvalue weighted by Crippen LogP contribution is -2.24. The summed E-state index contributed by atoms with van der Waals surface area (Å²) >= 11 is 1.13. The summed E-state index contributed by atoms with van der Waals surface area (Å²) in [5.41, 5.74) is 5.10. The lowest BCUT2D eigenvalue weighted by Gasteiger charge is -2.10. The number of hydrogen-bond donors (Lipinski definition) is 0. The van der Waals surface area contributed by atoms with Crippen LogP contribution in [-0.2, 0) is 4.79 Å². The van der Waals surface area contributed by atoms with Gasteiger partial charge in [-0.15, -0.1) is 10.2 Å². The third-order valence-corrected chi connectivity index (χ3v) is 4.28. The molecule has 1 aromatic carbocycles. The third-order valence-electron chi connectivity index (χ3n) is 3.38. The number of fused-ring (bicyclic) bond motifs is 3. The van der Waals surface area contributed by atoms with Crippen LogP contribution in [0.15, 0.2) is 23.4 Å². The van der Waals surface area contributed by atoms with E-state index in [-0.39, 0.29) is 5.75 Å². The second-order valence-electron chi connectivity index (χ2n) is 5.15. The molecule has 6 heteroatoms. The van der Waals surface area contributed by atoms with Crippen molar-refractivity contribution in [1.82, 2.24) is 14.6 Å². The highest BCUT2D eigenvalue weighted by molar-refractivity contribution is 7.99. The van der Waals surface area contributed by atoms with Gasteiger partial charge < -0.3 is 9.90 Å². The number of aryl methyl sites for hydroxylation is 3. The van der Waals surface area contributed by atoms with Crippen molar-refractivity contribution in [2.24, 2.45) is 0 Å². The maximum atomic E-state index is 10.7. The SMILES string of the molecule is Cc1cc(C)c2c(c1)cc(C)c1nnc(SCC(=O)[O-])n12. The quantitative estimate of drug-likeness (QED) is 0.688. The molecule has 0 bridgehead atoms. The summed E-state index contributed by atoms with van der Waals surface area (Å²) in [5, 5.41) is 20.7. The van der Waals surface area contributed by atoms with E-state index in [1.165, 1.54) is 5.56 Å². The average Bonchev–Trinajstić information content (AvgIpc) is 2.79. The fraction of sp³-hybridized carbons (Fsp3) is 0.267. The number of hydrogen-bond acceptors (Lipinski definition) is 5. The normalized spacial score (nSPS) is 11.4. The first kappa shape index (κ1) is 13.9. The molecule has 0 spiro atoms. The molecule has 3 rings (SSSR count). The van der Waals surface area contributed by atoms with E-state index in [0.29, 0.717) is 5.16 Å². The molecule has 2 heterocycles. The molecule has 0 N–H and O–H groups in total. The van der Waals surface area contributed by atoms with Crippen LogP contribution in [0.2, 0.25) is 0 Å². The van der Waals surface area contributed by atoms with Crippen molar-refractivity contribution in [2.75, 3.05) is 5.75 Å². The number of carbonyl (C=O) groups is 1. The van der Waals surface area contributed by atoms with Crippen LogP contribution in [0.25, 0.3) is 16.6 Å². The third kappa shape index (κ3) is 2.35. The molecule has 3 aromatic rings. The maximum Gasteiger partial charge on any atom is 0.196 e. The molecular weight excluding hydrogens is 286 g/mol. The lowest BCUT2D eigenvalue weighted by molar-refractivity contribution is -0.301. The molecule has 0 amide bonds. The summed E-state index contributed by atoms with van der Waals surface area (Å²) in [5.74, 6) is -1.25. The Bertz CT molecular complexity index is 870. The van der Waals surface area contributed by atoms with Gasteiger partial charge in [0.2, 0.25) is 0 Å². The Morgan fingerprint density at radius 1 is 1.19 bits per heavy atom. The van der Waals surface area contributed by atoms with Crippen LogP contribution in [0.3, 0.4) is 0 Å². The predicted octanol–water partition coefficient (Wildman–Crippen LogP) is 1.65. The summed E-state index contributed by atoms with van der Waals surface area (Å²) < 4.78 is 1.94. The van der Waals surface area contributed by atoms with Gasteiger partial charge in [0, 0.05) is 5.75 Å². The number of carboxylic acids is 1. The van der Waals surface area contributed by atoms with Crippen LogP contribution >= 0.6 is 11.8 Å².